The van der Waals surface area contributed by atoms with Crippen LogP contribution in [0.4, 0.5) is 4.39 Å². The van der Waals surface area contributed by atoms with Crippen LogP contribution in [0.2, 0.25) is 10.0 Å². The second-order valence-electron chi connectivity index (χ2n) is 9.59. The van der Waals surface area contributed by atoms with E-state index >= 15 is 0 Å². The number of morpholine rings is 1. The normalized spacial score (nSPS) is 15.0. The summed E-state index contributed by atoms with van der Waals surface area (Å²) < 4.78 is 21.0. The first-order valence-corrected chi connectivity index (χ1v) is 13.6. The van der Waals surface area contributed by atoms with E-state index in [9.17, 15) is 9.18 Å². The number of hydrogen-bond acceptors (Lipinski definition) is 3. The number of fused-ring (bicyclic) bond motifs is 1. The SMILES string of the molecule is O=C(C[C@@H](c1ccc(Cl)c(Cl)c1)c1cn(Cc2ccc(F)cc2)c2ccccc12)NCCN1CCOCC1. The summed E-state index contributed by atoms with van der Waals surface area (Å²) in [6.45, 7) is 5.19. The van der Waals surface area contributed by atoms with Gasteiger partial charge >= 0.3 is 0 Å². The van der Waals surface area contributed by atoms with Gasteiger partial charge in [0.25, 0.3) is 0 Å². The molecule has 1 fully saturated rings. The molecule has 198 valence electrons. The van der Waals surface area contributed by atoms with Crippen molar-refractivity contribution in [3.05, 3.63) is 105 Å². The Balaban J connectivity index is 1.43. The number of benzene rings is 3. The van der Waals surface area contributed by atoms with Crippen LogP contribution >= 0.6 is 23.2 Å². The van der Waals surface area contributed by atoms with Gasteiger partial charge in [-0.2, -0.15) is 0 Å². The van der Waals surface area contributed by atoms with Gasteiger partial charge in [-0.15, -0.1) is 0 Å². The number of hydrogen-bond donors (Lipinski definition) is 1. The molecular weight excluding hydrogens is 524 g/mol. The quantitative estimate of drug-likeness (QED) is 0.272. The van der Waals surface area contributed by atoms with E-state index in [2.05, 4.69) is 33.1 Å². The molecule has 5 nitrogen and oxygen atoms in total. The largest absolute Gasteiger partial charge is 0.379 e. The summed E-state index contributed by atoms with van der Waals surface area (Å²) in [5.74, 6) is -0.511. The molecule has 1 aliphatic rings. The molecule has 3 aromatic carbocycles. The zero-order valence-corrected chi connectivity index (χ0v) is 22.5. The highest BCUT2D eigenvalue weighted by molar-refractivity contribution is 6.42. The minimum absolute atomic E-state index is 0.0234. The highest BCUT2D eigenvalue weighted by Gasteiger charge is 2.24. The van der Waals surface area contributed by atoms with Gasteiger partial charge in [-0.3, -0.25) is 9.69 Å². The first-order valence-electron chi connectivity index (χ1n) is 12.8. The molecule has 2 heterocycles. The fourth-order valence-electron chi connectivity index (χ4n) is 5.04. The third-order valence-electron chi connectivity index (χ3n) is 7.05. The number of rotatable bonds is 9. The molecule has 1 saturated heterocycles. The van der Waals surface area contributed by atoms with Crippen LogP contribution in [0.3, 0.4) is 0 Å². The predicted molar refractivity (Wildman–Crippen MR) is 151 cm³/mol. The van der Waals surface area contributed by atoms with Gasteiger partial charge in [0.1, 0.15) is 5.82 Å². The maximum atomic E-state index is 13.5. The fourth-order valence-corrected chi connectivity index (χ4v) is 5.35. The number of nitrogens with one attached hydrogen (secondary N) is 1. The Morgan fingerprint density at radius 1 is 1.00 bits per heavy atom. The Morgan fingerprint density at radius 2 is 1.76 bits per heavy atom. The number of carbonyl (C=O) groups excluding carboxylic acids is 1. The Bertz CT molecular complexity index is 1400. The predicted octanol–water partition coefficient (Wildman–Crippen LogP) is 6.11. The first-order chi connectivity index (χ1) is 18.5. The van der Waals surface area contributed by atoms with Crippen molar-refractivity contribution in [2.75, 3.05) is 39.4 Å². The number of para-hydroxylation sites is 1. The average molecular weight is 554 g/mol. The number of ether oxygens (including phenoxy) is 1. The monoisotopic (exact) mass is 553 g/mol. The molecule has 1 N–H and O–H groups in total. The molecule has 8 heteroatoms. The lowest BCUT2D eigenvalue weighted by molar-refractivity contribution is -0.121. The topological polar surface area (TPSA) is 46.5 Å². The van der Waals surface area contributed by atoms with E-state index in [1.807, 2.05) is 24.3 Å². The maximum Gasteiger partial charge on any atom is 0.220 e. The molecule has 5 rings (SSSR count). The Morgan fingerprint density at radius 3 is 2.53 bits per heavy atom. The summed E-state index contributed by atoms with van der Waals surface area (Å²) in [5, 5.41) is 5.10. The van der Waals surface area contributed by atoms with Crippen LogP contribution in [0, 0.1) is 5.82 Å². The second-order valence-corrected chi connectivity index (χ2v) is 10.4. The van der Waals surface area contributed by atoms with Crippen LogP contribution in [-0.4, -0.2) is 54.8 Å². The van der Waals surface area contributed by atoms with Crippen LogP contribution in [0.1, 0.15) is 29.0 Å². The smallest absolute Gasteiger partial charge is 0.220 e. The summed E-state index contributed by atoms with van der Waals surface area (Å²) in [6.07, 6.45) is 2.37. The molecule has 38 heavy (non-hydrogen) atoms. The van der Waals surface area contributed by atoms with Crippen LogP contribution in [0.5, 0.6) is 0 Å². The van der Waals surface area contributed by atoms with Crippen molar-refractivity contribution in [1.82, 2.24) is 14.8 Å². The van der Waals surface area contributed by atoms with Crippen molar-refractivity contribution in [1.29, 1.82) is 0 Å². The van der Waals surface area contributed by atoms with Crippen LogP contribution in [0.25, 0.3) is 10.9 Å². The molecule has 0 spiro atoms. The first kappa shape index (κ1) is 26.7. The van der Waals surface area contributed by atoms with Gasteiger partial charge in [-0.1, -0.05) is 59.6 Å². The van der Waals surface area contributed by atoms with E-state index in [-0.39, 0.29) is 24.1 Å². The summed E-state index contributed by atoms with van der Waals surface area (Å²) >= 11 is 12.6. The molecule has 1 aromatic heterocycles. The molecule has 0 saturated carbocycles. The molecule has 1 atom stereocenters. The highest BCUT2D eigenvalue weighted by atomic mass is 35.5. The molecule has 1 amide bonds. The van der Waals surface area contributed by atoms with Crippen LogP contribution in [0.15, 0.2) is 72.9 Å². The zero-order chi connectivity index (χ0) is 26.5. The summed E-state index contributed by atoms with van der Waals surface area (Å²) in [4.78, 5) is 15.5. The Hall–Kier alpha value is -2.90. The van der Waals surface area contributed by atoms with Crippen molar-refractivity contribution < 1.29 is 13.9 Å². The fraction of sp³-hybridized carbons (Fsp3) is 0.300. The summed E-state index contributed by atoms with van der Waals surface area (Å²) in [6, 6.07) is 20.2. The van der Waals surface area contributed by atoms with Gasteiger partial charge in [0.15, 0.2) is 0 Å². The Kier molecular flexibility index (Phi) is 8.65. The zero-order valence-electron chi connectivity index (χ0n) is 21.0. The van der Waals surface area contributed by atoms with Gasteiger partial charge in [-0.05, 0) is 47.0 Å². The van der Waals surface area contributed by atoms with Crippen LogP contribution < -0.4 is 5.32 Å². The third kappa shape index (κ3) is 6.38. The van der Waals surface area contributed by atoms with Gasteiger partial charge in [-0.25, -0.2) is 4.39 Å². The van der Waals surface area contributed by atoms with Gasteiger partial charge in [0, 0.05) is 62.2 Å². The van der Waals surface area contributed by atoms with Gasteiger partial charge in [0.05, 0.1) is 23.3 Å². The van der Waals surface area contributed by atoms with Crippen molar-refractivity contribution >= 4 is 40.0 Å². The van der Waals surface area contributed by atoms with Gasteiger partial charge < -0.3 is 14.6 Å². The third-order valence-corrected chi connectivity index (χ3v) is 7.79. The highest BCUT2D eigenvalue weighted by Crippen LogP contribution is 2.37. The molecular formula is C30H30Cl2FN3O2. The number of amides is 1. The van der Waals surface area contributed by atoms with Crippen molar-refractivity contribution in [2.24, 2.45) is 0 Å². The molecule has 1 aliphatic heterocycles. The Labute approximate surface area is 232 Å². The van der Waals surface area contributed by atoms with E-state index in [0.717, 1.165) is 60.4 Å². The molecule has 0 unspecified atom stereocenters. The van der Waals surface area contributed by atoms with Crippen molar-refractivity contribution in [3.8, 4) is 0 Å². The maximum absolute atomic E-state index is 13.5. The van der Waals surface area contributed by atoms with Crippen molar-refractivity contribution in [2.45, 2.75) is 18.9 Å². The number of nitrogens with zero attached hydrogens (tertiary/aromatic N) is 2. The lowest BCUT2D eigenvalue weighted by Gasteiger charge is -2.26. The number of carbonyl (C=O) groups is 1. The summed E-state index contributed by atoms with van der Waals surface area (Å²) in [5.41, 5.74) is 3.99. The molecule has 0 radical (unpaired) electrons. The number of aromatic nitrogens is 1. The lowest BCUT2D eigenvalue weighted by atomic mass is 9.88. The van der Waals surface area contributed by atoms with E-state index in [1.54, 1.807) is 18.2 Å². The van der Waals surface area contributed by atoms with E-state index < -0.39 is 0 Å². The standard InChI is InChI=1S/C30H30Cl2FN3O2/c31-27-10-7-22(17-28(27)32)25(18-30(37)34-11-12-35-13-15-38-16-14-35)26-20-36(29-4-2-1-3-24(26)29)19-21-5-8-23(33)9-6-21/h1-10,17,20,25H,11-16,18-19H2,(H,34,37)/t25-/m0/s1. The average Bonchev–Trinajstić information content (AvgIpc) is 3.29. The second kappa shape index (κ2) is 12.3. The molecule has 4 aromatic rings. The van der Waals surface area contributed by atoms with E-state index in [1.165, 1.54) is 12.1 Å². The van der Waals surface area contributed by atoms with E-state index in [4.69, 9.17) is 27.9 Å². The van der Waals surface area contributed by atoms with Crippen molar-refractivity contribution in [3.63, 3.8) is 0 Å². The number of halogens is 3. The van der Waals surface area contributed by atoms with E-state index in [0.29, 0.717) is 23.1 Å². The minimum atomic E-state index is -0.258. The minimum Gasteiger partial charge on any atom is -0.379 e. The molecule has 0 bridgehead atoms. The van der Waals surface area contributed by atoms with Gasteiger partial charge in [0.2, 0.25) is 5.91 Å². The lowest BCUT2D eigenvalue weighted by Crippen LogP contribution is -2.41. The van der Waals surface area contributed by atoms with Crippen LogP contribution in [-0.2, 0) is 16.1 Å². The summed E-state index contributed by atoms with van der Waals surface area (Å²) in [7, 11) is 0. The molecule has 0 aliphatic carbocycles.